The van der Waals surface area contributed by atoms with E-state index in [9.17, 15) is 0 Å². The molecule has 3 rings (SSSR count). The van der Waals surface area contributed by atoms with Crippen LogP contribution in [0.2, 0.25) is 0 Å². The zero-order valence-electron chi connectivity index (χ0n) is 18.9. The van der Waals surface area contributed by atoms with E-state index in [-0.39, 0.29) is 51.1 Å². The second kappa shape index (κ2) is 12.2. The summed E-state index contributed by atoms with van der Waals surface area (Å²) in [5.74, 6) is 0. The number of halogens is 1. The maximum atomic E-state index is 4.68. The maximum Gasteiger partial charge on any atom is 0.255 e. The van der Waals surface area contributed by atoms with Crippen LogP contribution in [0.15, 0.2) is 0 Å². The van der Waals surface area contributed by atoms with Crippen LogP contribution in [0.25, 0.3) is 0 Å². The molecule has 0 saturated carbocycles. The fourth-order valence-electron chi connectivity index (χ4n) is 4.36. The second-order valence-corrected chi connectivity index (χ2v) is 7.24. The van der Waals surface area contributed by atoms with Gasteiger partial charge in [0.05, 0.1) is 17.1 Å². The number of nitrogens with one attached hydrogen (secondary N) is 3. The number of hydrogen-bond donors (Lipinski definition) is 3. The summed E-state index contributed by atoms with van der Waals surface area (Å²) in [5, 5.41) is 24.0. The minimum absolute atomic E-state index is 0. The van der Waals surface area contributed by atoms with E-state index in [2.05, 4.69) is 72.1 Å². The molecule has 0 fully saturated rings. The standard InChI is InChI=1S/C21H33BN6.I.Pd/c1-7-13-19(14(8-2)24-23-13)22(20-15(9-3)25-26-16(20)10-4)21-17(11-5)27-28-18(21)12-6;;/h7-12H2,1-6H3,(H,23,24)(H,25,26)(H,27,28);;. The van der Waals surface area contributed by atoms with E-state index < -0.39 is 0 Å². The average Bonchev–Trinajstić information content (AvgIpc) is 3.44. The van der Waals surface area contributed by atoms with Crippen LogP contribution in [0.3, 0.4) is 0 Å². The summed E-state index contributed by atoms with van der Waals surface area (Å²) in [6, 6.07) is 0. The minimum Gasteiger partial charge on any atom is -0.283 e. The van der Waals surface area contributed by atoms with Crippen LogP contribution in [-0.4, -0.2) is 37.3 Å². The Morgan fingerprint density at radius 3 is 1.00 bits per heavy atom. The molecule has 3 aromatic heterocycles. The van der Waals surface area contributed by atoms with Gasteiger partial charge in [0.15, 0.2) is 0 Å². The molecule has 0 amide bonds. The smallest absolute Gasteiger partial charge is 0.255 e. The molecule has 0 aliphatic heterocycles. The van der Waals surface area contributed by atoms with Crippen LogP contribution in [0.1, 0.15) is 75.7 Å². The number of H-pyrrole nitrogens is 3. The Hall–Kier alpha value is -0.913. The SMILES string of the molecule is CCc1n[nH]c(CC)c1B(c1c(CC)n[nH]c1CC)c1c(CC)n[nH]c1CC.[I].[Pd]. The third-order valence-electron chi connectivity index (χ3n) is 5.82. The molecule has 6 nitrogen and oxygen atoms in total. The first-order valence-electron chi connectivity index (χ1n) is 10.8. The monoisotopic (exact) mass is 613 g/mol. The number of hydrogen-bond acceptors (Lipinski definition) is 3. The van der Waals surface area contributed by atoms with Crippen molar-refractivity contribution in [1.82, 2.24) is 30.6 Å². The van der Waals surface area contributed by atoms with Gasteiger partial charge in [0.1, 0.15) is 0 Å². The van der Waals surface area contributed by atoms with Crippen molar-refractivity contribution in [3.63, 3.8) is 0 Å². The maximum absolute atomic E-state index is 4.68. The van der Waals surface area contributed by atoms with E-state index in [1.807, 2.05) is 0 Å². The summed E-state index contributed by atoms with van der Waals surface area (Å²) in [6.45, 7) is 13.2. The fraction of sp³-hybridized carbons (Fsp3) is 0.571. The van der Waals surface area contributed by atoms with Gasteiger partial charge in [-0.2, -0.15) is 15.3 Å². The van der Waals surface area contributed by atoms with E-state index in [1.54, 1.807) is 0 Å². The van der Waals surface area contributed by atoms with Crippen LogP contribution in [0.4, 0.5) is 0 Å². The summed E-state index contributed by atoms with van der Waals surface area (Å²) in [7, 11) is 0. The molecule has 0 aliphatic rings. The fourth-order valence-corrected chi connectivity index (χ4v) is 4.36. The zero-order valence-corrected chi connectivity index (χ0v) is 22.6. The number of aryl methyl sites for hydroxylation is 6. The normalized spacial score (nSPS) is 10.6. The third-order valence-corrected chi connectivity index (χ3v) is 5.82. The van der Waals surface area contributed by atoms with Gasteiger partial charge in [-0.25, -0.2) is 0 Å². The molecule has 0 saturated heterocycles. The van der Waals surface area contributed by atoms with Gasteiger partial charge < -0.3 is 0 Å². The van der Waals surface area contributed by atoms with Crippen molar-refractivity contribution in [3.8, 4) is 0 Å². The molecule has 0 atom stereocenters. The Balaban J connectivity index is 0.00000225. The van der Waals surface area contributed by atoms with Gasteiger partial charge in [0.2, 0.25) is 0 Å². The number of rotatable bonds is 9. The second-order valence-electron chi connectivity index (χ2n) is 7.24. The predicted octanol–water partition coefficient (Wildman–Crippen LogP) is 2.63. The van der Waals surface area contributed by atoms with Crippen LogP contribution in [-0.2, 0) is 58.9 Å². The van der Waals surface area contributed by atoms with Gasteiger partial charge in [0.25, 0.3) is 6.71 Å². The Morgan fingerprint density at radius 2 is 0.800 bits per heavy atom. The van der Waals surface area contributed by atoms with Crippen molar-refractivity contribution < 1.29 is 20.4 Å². The van der Waals surface area contributed by atoms with Gasteiger partial charge in [-0.05, 0) is 54.9 Å². The molecule has 0 bridgehead atoms. The first-order chi connectivity index (χ1) is 13.6. The number of nitrogens with zero attached hydrogens (tertiary/aromatic N) is 3. The van der Waals surface area contributed by atoms with Crippen molar-refractivity contribution >= 4 is 47.1 Å². The van der Waals surface area contributed by atoms with Crippen molar-refractivity contribution in [3.05, 3.63) is 34.2 Å². The van der Waals surface area contributed by atoms with Crippen molar-refractivity contribution in [1.29, 1.82) is 0 Å². The van der Waals surface area contributed by atoms with Crippen molar-refractivity contribution in [2.45, 2.75) is 80.1 Å². The molecule has 9 heteroatoms. The van der Waals surface area contributed by atoms with Crippen LogP contribution >= 0.6 is 24.0 Å². The quantitative estimate of drug-likeness (QED) is 0.256. The molecule has 0 aliphatic carbocycles. The molecule has 167 valence electrons. The molecule has 3 aromatic rings. The van der Waals surface area contributed by atoms with Gasteiger partial charge in [-0.3, -0.25) is 15.3 Å². The van der Waals surface area contributed by atoms with E-state index in [1.165, 1.54) is 33.5 Å². The zero-order chi connectivity index (χ0) is 20.3. The molecule has 1 radical (unpaired) electrons. The minimum atomic E-state index is 0. The molecular weight excluding hydrogens is 580 g/mol. The molecule has 0 unspecified atom stereocenters. The van der Waals surface area contributed by atoms with E-state index in [0.29, 0.717) is 0 Å². The Labute approximate surface area is 211 Å². The topological polar surface area (TPSA) is 86.0 Å². The summed E-state index contributed by atoms with van der Waals surface area (Å²) in [4.78, 5) is 0. The molecule has 0 spiro atoms. The first kappa shape index (κ1) is 27.1. The van der Waals surface area contributed by atoms with Crippen LogP contribution in [0, 0.1) is 0 Å². The van der Waals surface area contributed by atoms with E-state index in [4.69, 9.17) is 0 Å². The van der Waals surface area contributed by atoms with Crippen LogP contribution < -0.4 is 16.4 Å². The summed E-state index contributed by atoms with van der Waals surface area (Å²) in [6.07, 6.45) is 5.51. The third kappa shape index (κ3) is 4.78. The van der Waals surface area contributed by atoms with Gasteiger partial charge in [0, 0.05) is 61.5 Å². The number of aromatic amines is 3. The molecule has 30 heavy (non-hydrogen) atoms. The van der Waals surface area contributed by atoms with E-state index >= 15 is 0 Å². The van der Waals surface area contributed by atoms with Crippen molar-refractivity contribution in [2.75, 3.05) is 0 Å². The Bertz CT molecular complexity index is 748. The largest absolute Gasteiger partial charge is 0.283 e. The first-order valence-corrected chi connectivity index (χ1v) is 10.8. The van der Waals surface area contributed by atoms with Crippen molar-refractivity contribution in [2.24, 2.45) is 0 Å². The number of aromatic nitrogens is 6. The summed E-state index contributed by atoms with van der Waals surface area (Å²) in [5.41, 5.74) is 11.1. The predicted molar refractivity (Wildman–Crippen MR) is 131 cm³/mol. The van der Waals surface area contributed by atoms with Gasteiger partial charge in [-0.15, -0.1) is 0 Å². The molecule has 3 heterocycles. The summed E-state index contributed by atoms with van der Waals surface area (Å²) < 4.78 is 0. The average molecular weight is 614 g/mol. The molecular formula is C21H33BIN6Pd. The summed E-state index contributed by atoms with van der Waals surface area (Å²) >= 11 is 0. The van der Waals surface area contributed by atoms with E-state index in [0.717, 1.165) is 55.6 Å². The van der Waals surface area contributed by atoms with Gasteiger partial charge >= 0.3 is 0 Å². The Kier molecular flexibility index (Phi) is 11.0. The van der Waals surface area contributed by atoms with Crippen LogP contribution in [0.5, 0.6) is 0 Å². The van der Waals surface area contributed by atoms with Gasteiger partial charge in [-0.1, -0.05) is 41.5 Å². The Morgan fingerprint density at radius 1 is 0.533 bits per heavy atom. The molecule has 3 N–H and O–H groups in total. The molecule has 0 aromatic carbocycles.